The molecule has 1 aromatic carbocycles. The molecule has 3 rings (SSSR count). The van der Waals surface area contributed by atoms with E-state index in [9.17, 15) is 18.0 Å². The van der Waals surface area contributed by atoms with Gasteiger partial charge in [0.15, 0.2) is 0 Å². The summed E-state index contributed by atoms with van der Waals surface area (Å²) in [5.41, 5.74) is 0.997. The molecule has 0 atom stereocenters. The molecule has 0 unspecified atom stereocenters. The largest absolute Gasteiger partial charge is 0.350 e. The molecule has 1 saturated heterocycles. The van der Waals surface area contributed by atoms with Crippen molar-refractivity contribution in [1.29, 1.82) is 0 Å². The molecule has 2 fully saturated rings. The van der Waals surface area contributed by atoms with Crippen molar-refractivity contribution in [2.24, 2.45) is 0 Å². The quantitative estimate of drug-likeness (QED) is 0.764. The molecule has 2 aliphatic rings. The van der Waals surface area contributed by atoms with E-state index in [0.29, 0.717) is 13.1 Å². The van der Waals surface area contributed by atoms with Gasteiger partial charge in [-0.05, 0) is 31.9 Å². The molecule has 140 valence electrons. The van der Waals surface area contributed by atoms with Crippen LogP contribution in [0.5, 0.6) is 0 Å². The summed E-state index contributed by atoms with van der Waals surface area (Å²) in [6.45, 7) is 2.99. The molecule has 7 nitrogen and oxygen atoms in total. The minimum absolute atomic E-state index is 0.240. The van der Waals surface area contributed by atoms with E-state index in [-0.39, 0.29) is 35.8 Å². The normalized spacial score (nSPS) is 18.9. The van der Waals surface area contributed by atoms with Crippen molar-refractivity contribution in [3.05, 3.63) is 42.0 Å². The summed E-state index contributed by atoms with van der Waals surface area (Å²) in [6, 6.07) is 6.99. The second kappa shape index (κ2) is 7.59. The van der Waals surface area contributed by atoms with Crippen molar-refractivity contribution in [3.8, 4) is 0 Å². The topological polar surface area (TPSA) is 86.8 Å². The molecule has 1 saturated carbocycles. The van der Waals surface area contributed by atoms with Crippen LogP contribution in [0.2, 0.25) is 0 Å². The van der Waals surface area contributed by atoms with Crippen LogP contribution in [0, 0.1) is 6.92 Å². The molecular weight excluding hydrogens is 354 g/mol. The number of hydrogen-bond acceptors (Lipinski definition) is 4. The van der Waals surface area contributed by atoms with Gasteiger partial charge in [-0.15, -0.1) is 0 Å². The highest BCUT2D eigenvalue weighted by Gasteiger charge is 2.29. The van der Waals surface area contributed by atoms with Gasteiger partial charge in [-0.2, -0.15) is 4.31 Å². The molecule has 1 N–H and O–H groups in total. The number of piperazine rings is 1. The summed E-state index contributed by atoms with van der Waals surface area (Å²) < 4.78 is 26.7. The number of amides is 2. The third-order valence-electron chi connectivity index (χ3n) is 4.51. The molecule has 2 amide bonds. The van der Waals surface area contributed by atoms with Crippen LogP contribution >= 0.6 is 0 Å². The smallest absolute Gasteiger partial charge is 0.246 e. The highest BCUT2D eigenvalue weighted by atomic mass is 32.2. The molecule has 0 bridgehead atoms. The van der Waals surface area contributed by atoms with E-state index in [1.807, 2.05) is 6.92 Å². The van der Waals surface area contributed by atoms with E-state index < -0.39 is 10.0 Å². The molecule has 1 aliphatic heterocycles. The lowest BCUT2D eigenvalue weighted by Crippen LogP contribution is -2.50. The lowest BCUT2D eigenvalue weighted by atomic mass is 10.2. The Balaban J connectivity index is 1.54. The first-order valence-corrected chi connectivity index (χ1v) is 10.1. The maximum Gasteiger partial charge on any atom is 0.246 e. The van der Waals surface area contributed by atoms with Crippen LogP contribution in [0.15, 0.2) is 41.3 Å². The average molecular weight is 377 g/mol. The van der Waals surface area contributed by atoms with Crippen LogP contribution < -0.4 is 5.32 Å². The van der Waals surface area contributed by atoms with E-state index in [0.717, 1.165) is 18.4 Å². The van der Waals surface area contributed by atoms with E-state index in [1.54, 1.807) is 29.2 Å². The zero-order valence-electron chi connectivity index (χ0n) is 14.7. The first-order chi connectivity index (χ1) is 12.4. The zero-order chi connectivity index (χ0) is 18.7. The monoisotopic (exact) mass is 377 g/mol. The van der Waals surface area contributed by atoms with Crippen LogP contribution in [0.4, 0.5) is 0 Å². The van der Waals surface area contributed by atoms with Gasteiger partial charge in [0.25, 0.3) is 0 Å². The predicted molar refractivity (Wildman–Crippen MR) is 96.8 cm³/mol. The van der Waals surface area contributed by atoms with Crippen LogP contribution in [-0.4, -0.2) is 61.7 Å². The van der Waals surface area contributed by atoms with Crippen LogP contribution in [0.3, 0.4) is 0 Å². The van der Waals surface area contributed by atoms with Crippen molar-refractivity contribution in [3.63, 3.8) is 0 Å². The minimum Gasteiger partial charge on any atom is -0.350 e. The number of carbonyl (C=O) groups is 2. The number of nitrogens with zero attached hydrogens (tertiary/aromatic N) is 2. The fourth-order valence-electron chi connectivity index (χ4n) is 2.74. The fraction of sp³-hybridized carbons (Fsp3) is 0.444. The summed E-state index contributed by atoms with van der Waals surface area (Å²) >= 11 is 0. The average Bonchev–Trinajstić information content (AvgIpc) is 3.44. The molecule has 0 radical (unpaired) electrons. The molecular formula is C18H23N3O4S. The maximum atomic E-state index is 12.7. The molecule has 8 heteroatoms. The van der Waals surface area contributed by atoms with Crippen LogP contribution in [0.25, 0.3) is 0 Å². The summed E-state index contributed by atoms with van der Waals surface area (Å²) in [5, 5.41) is 2.78. The number of nitrogens with one attached hydrogen (secondary N) is 1. The predicted octanol–water partition coefficient (Wildman–Crippen LogP) is 0.663. The third-order valence-corrected chi connectivity index (χ3v) is 6.42. The van der Waals surface area contributed by atoms with E-state index >= 15 is 0 Å². The van der Waals surface area contributed by atoms with Gasteiger partial charge < -0.3 is 10.2 Å². The lowest BCUT2D eigenvalue weighted by Gasteiger charge is -2.33. The van der Waals surface area contributed by atoms with Gasteiger partial charge >= 0.3 is 0 Å². The Hall–Kier alpha value is -2.19. The van der Waals surface area contributed by atoms with E-state index in [1.165, 1.54) is 16.5 Å². The lowest BCUT2D eigenvalue weighted by molar-refractivity contribution is -0.127. The summed E-state index contributed by atoms with van der Waals surface area (Å²) in [7, 11) is -3.55. The van der Waals surface area contributed by atoms with Crippen molar-refractivity contribution >= 4 is 21.8 Å². The Bertz CT molecular complexity index is 805. The number of hydrogen-bond donors (Lipinski definition) is 1. The molecule has 1 aliphatic carbocycles. The number of carbonyl (C=O) groups excluding carboxylic acids is 2. The number of aryl methyl sites for hydroxylation is 1. The highest BCUT2D eigenvalue weighted by Crippen LogP contribution is 2.19. The van der Waals surface area contributed by atoms with Gasteiger partial charge in [0.1, 0.15) is 0 Å². The number of sulfonamides is 1. The fourth-order valence-corrected chi connectivity index (χ4v) is 4.16. The van der Waals surface area contributed by atoms with Gasteiger partial charge in [0, 0.05) is 44.4 Å². The molecule has 0 spiro atoms. The van der Waals surface area contributed by atoms with Crippen molar-refractivity contribution < 1.29 is 18.0 Å². The third kappa shape index (κ3) is 4.50. The van der Waals surface area contributed by atoms with Crippen molar-refractivity contribution in [2.45, 2.75) is 30.7 Å². The van der Waals surface area contributed by atoms with Gasteiger partial charge in [-0.1, -0.05) is 17.7 Å². The zero-order valence-corrected chi connectivity index (χ0v) is 15.5. The Morgan fingerprint density at radius 3 is 2.23 bits per heavy atom. The second-order valence-corrected chi connectivity index (χ2v) is 8.60. The number of rotatable bonds is 5. The first kappa shape index (κ1) is 18.6. The van der Waals surface area contributed by atoms with Gasteiger partial charge in [0.05, 0.1) is 4.90 Å². The standard InChI is InChI=1S/C18H23N3O4S/c1-14-2-6-16(7-3-14)26(24,25)21-12-10-20(11-13-21)18(23)9-8-17(22)19-15-4-5-15/h2-3,6-9,15H,4-5,10-13H2,1H3,(H,19,22). The first-order valence-electron chi connectivity index (χ1n) is 8.70. The number of benzene rings is 1. The molecule has 0 aromatic heterocycles. The summed E-state index contributed by atoms with van der Waals surface area (Å²) in [5.74, 6) is -0.537. The molecule has 1 aromatic rings. The highest BCUT2D eigenvalue weighted by molar-refractivity contribution is 7.89. The molecule has 26 heavy (non-hydrogen) atoms. The van der Waals surface area contributed by atoms with E-state index in [2.05, 4.69) is 5.32 Å². The van der Waals surface area contributed by atoms with Gasteiger partial charge in [-0.25, -0.2) is 8.42 Å². The SMILES string of the molecule is Cc1ccc(S(=O)(=O)N2CCN(C(=O)C=CC(=O)NC3CC3)CC2)cc1. The minimum atomic E-state index is -3.55. The maximum absolute atomic E-state index is 12.7. The van der Waals surface area contributed by atoms with Crippen LogP contribution in [0.1, 0.15) is 18.4 Å². The van der Waals surface area contributed by atoms with Crippen molar-refractivity contribution in [1.82, 2.24) is 14.5 Å². The molecule has 1 heterocycles. The van der Waals surface area contributed by atoms with Gasteiger partial charge in [0.2, 0.25) is 21.8 Å². The van der Waals surface area contributed by atoms with Gasteiger partial charge in [-0.3, -0.25) is 9.59 Å². The Kier molecular flexibility index (Phi) is 5.43. The second-order valence-electron chi connectivity index (χ2n) is 6.66. The Labute approximate surface area is 153 Å². The summed E-state index contributed by atoms with van der Waals surface area (Å²) in [6.07, 6.45) is 4.48. The summed E-state index contributed by atoms with van der Waals surface area (Å²) in [4.78, 5) is 25.6. The Morgan fingerprint density at radius 1 is 1.04 bits per heavy atom. The van der Waals surface area contributed by atoms with Crippen molar-refractivity contribution in [2.75, 3.05) is 26.2 Å². The van der Waals surface area contributed by atoms with Crippen LogP contribution in [-0.2, 0) is 19.6 Å². The van der Waals surface area contributed by atoms with E-state index in [4.69, 9.17) is 0 Å². The Morgan fingerprint density at radius 2 is 1.65 bits per heavy atom.